The largest absolute Gasteiger partial charge is 0.274 e. The number of aromatic nitrogens is 2. The van der Waals surface area contributed by atoms with Gasteiger partial charge in [0.05, 0.1) is 18.3 Å². The van der Waals surface area contributed by atoms with Crippen LogP contribution < -0.4 is 4.90 Å². The van der Waals surface area contributed by atoms with E-state index in [0.29, 0.717) is 6.42 Å². The van der Waals surface area contributed by atoms with Gasteiger partial charge >= 0.3 is 0 Å². The van der Waals surface area contributed by atoms with Crippen LogP contribution in [0, 0.1) is 0 Å². The number of benzene rings is 1. The van der Waals surface area contributed by atoms with Gasteiger partial charge in [0, 0.05) is 6.07 Å². The number of amides is 1. The summed E-state index contributed by atoms with van der Waals surface area (Å²) in [5, 5.41) is 6.66. The second kappa shape index (κ2) is 2.95. The molecule has 0 bridgehead atoms. The van der Waals surface area contributed by atoms with Crippen molar-refractivity contribution in [1.82, 2.24) is 10.2 Å². The van der Waals surface area contributed by atoms with E-state index in [2.05, 4.69) is 10.2 Å². The zero-order chi connectivity index (χ0) is 10.3. The number of aromatic amines is 1. The van der Waals surface area contributed by atoms with E-state index in [9.17, 15) is 4.79 Å². The maximum absolute atomic E-state index is 11.8. The Bertz CT molecular complexity index is 504. The summed E-state index contributed by atoms with van der Waals surface area (Å²) in [4.78, 5) is 13.5. The average molecular weight is 199 g/mol. The van der Waals surface area contributed by atoms with Crippen molar-refractivity contribution in [1.29, 1.82) is 0 Å². The van der Waals surface area contributed by atoms with Gasteiger partial charge in [-0.05, 0) is 11.6 Å². The van der Waals surface area contributed by atoms with Gasteiger partial charge in [0.1, 0.15) is 5.82 Å². The van der Waals surface area contributed by atoms with Crippen LogP contribution in [-0.4, -0.2) is 16.1 Å². The molecule has 4 heteroatoms. The molecule has 1 aromatic heterocycles. The zero-order valence-electron chi connectivity index (χ0n) is 7.97. The first-order valence-corrected chi connectivity index (χ1v) is 4.76. The lowest BCUT2D eigenvalue weighted by Gasteiger charge is -2.14. The molecular weight excluding hydrogens is 190 g/mol. The van der Waals surface area contributed by atoms with Crippen molar-refractivity contribution in [2.45, 2.75) is 6.42 Å². The van der Waals surface area contributed by atoms with Crippen LogP contribution >= 0.6 is 0 Å². The Morgan fingerprint density at radius 1 is 1.27 bits per heavy atom. The van der Waals surface area contributed by atoms with Crippen molar-refractivity contribution in [3.8, 4) is 0 Å². The van der Waals surface area contributed by atoms with Crippen molar-refractivity contribution in [3.05, 3.63) is 42.1 Å². The molecule has 74 valence electrons. The van der Waals surface area contributed by atoms with E-state index in [1.807, 2.05) is 24.3 Å². The number of nitrogens with one attached hydrogen (secondary N) is 1. The number of nitrogens with zero attached hydrogens (tertiary/aromatic N) is 2. The fraction of sp³-hybridized carbons (Fsp3) is 0.0909. The Balaban J connectivity index is 2.14. The maximum atomic E-state index is 11.8. The molecule has 2 heterocycles. The number of para-hydroxylation sites is 1. The van der Waals surface area contributed by atoms with Crippen LogP contribution in [0.25, 0.3) is 0 Å². The highest BCUT2D eigenvalue weighted by atomic mass is 16.2. The monoisotopic (exact) mass is 199 g/mol. The number of rotatable bonds is 1. The maximum Gasteiger partial charge on any atom is 0.237 e. The molecule has 1 aliphatic rings. The van der Waals surface area contributed by atoms with Gasteiger partial charge in [0.25, 0.3) is 0 Å². The minimum absolute atomic E-state index is 0.0838. The van der Waals surface area contributed by atoms with Crippen molar-refractivity contribution in [2.75, 3.05) is 4.90 Å². The van der Waals surface area contributed by atoms with Crippen LogP contribution in [0.3, 0.4) is 0 Å². The van der Waals surface area contributed by atoms with Crippen molar-refractivity contribution in [3.63, 3.8) is 0 Å². The van der Waals surface area contributed by atoms with E-state index in [1.165, 1.54) is 0 Å². The lowest BCUT2D eigenvalue weighted by molar-refractivity contribution is -0.116. The van der Waals surface area contributed by atoms with E-state index < -0.39 is 0 Å². The molecule has 1 amide bonds. The predicted octanol–water partition coefficient (Wildman–Crippen LogP) is 1.63. The summed E-state index contributed by atoms with van der Waals surface area (Å²) in [6.45, 7) is 0. The number of carbonyl (C=O) groups is 1. The van der Waals surface area contributed by atoms with Crippen LogP contribution in [0.2, 0.25) is 0 Å². The molecule has 3 rings (SSSR count). The molecule has 4 nitrogen and oxygen atoms in total. The van der Waals surface area contributed by atoms with E-state index >= 15 is 0 Å². The fourth-order valence-corrected chi connectivity index (χ4v) is 1.89. The zero-order valence-corrected chi connectivity index (χ0v) is 7.97. The molecule has 1 aromatic carbocycles. The highest BCUT2D eigenvalue weighted by molar-refractivity contribution is 6.06. The molecule has 0 radical (unpaired) electrons. The second-order valence-electron chi connectivity index (χ2n) is 3.48. The van der Waals surface area contributed by atoms with Crippen LogP contribution in [0.5, 0.6) is 0 Å². The number of hydrogen-bond donors (Lipinski definition) is 1. The Morgan fingerprint density at radius 2 is 2.13 bits per heavy atom. The summed E-state index contributed by atoms with van der Waals surface area (Å²) >= 11 is 0. The molecule has 2 aromatic rings. The van der Waals surface area contributed by atoms with Crippen LogP contribution in [-0.2, 0) is 11.2 Å². The highest BCUT2D eigenvalue weighted by Crippen LogP contribution is 2.33. The van der Waals surface area contributed by atoms with Gasteiger partial charge in [-0.25, -0.2) is 0 Å². The van der Waals surface area contributed by atoms with Gasteiger partial charge in [0.2, 0.25) is 5.91 Å². The number of H-pyrrole nitrogens is 1. The molecule has 0 fully saturated rings. The Morgan fingerprint density at radius 3 is 2.93 bits per heavy atom. The third-order valence-corrected chi connectivity index (χ3v) is 2.55. The third kappa shape index (κ3) is 1.15. The van der Waals surface area contributed by atoms with Crippen LogP contribution in [0.1, 0.15) is 5.56 Å². The molecular formula is C11H9N3O. The smallest absolute Gasteiger partial charge is 0.237 e. The first kappa shape index (κ1) is 8.23. The molecule has 1 aliphatic heterocycles. The van der Waals surface area contributed by atoms with Gasteiger partial charge in [-0.15, -0.1) is 0 Å². The highest BCUT2D eigenvalue weighted by Gasteiger charge is 2.28. The van der Waals surface area contributed by atoms with Gasteiger partial charge in [-0.1, -0.05) is 18.2 Å². The summed E-state index contributed by atoms with van der Waals surface area (Å²) < 4.78 is 0. The molecule has 0 atom stereocenters. The quantitative estimate of drug-likeness (QED) is 0.758. The van der Waals surface area contributed by atoms with E-state index in [-0.39, 0.29) is 5.91 Å². The molecule has 0 saturated heterocycles. The van der Waals surface area contributed by atoms with Crippen molar-refractivity contribution >= 4 is 17.4 Å². The van der Waals surface area contributed by atoms with E-state index in [0.717, 1.165) is 17.1 Å². The Kier molecular flexibility index (Phi) is 1.62. The summed E-state index contributed by atoms with van der Waals surface area (Å²) in [6, 6.07) is 9.59. The lowest BCUT2D eigenvalue weighted by atomic mass is 10.2. The third-order valence-electron chi connectivity index (χ3n) is 2.55. The lowest BCUT2D eigenvalue weighted by Crippen LogP contribution is -2.21. The van der Waals surface area contributed by atoms with E-state index in [1.54, 1.807) is 17.2 Å². The summed E-state index contributed by atoms with van der Waals surface area (Å²) in [5.41, 5.74) is 2.02. The van der Waals surface area contributed by atoms with Crippen molar-refractivity contribution < 1.29 is 4.79 Å². The number of hydrogen-bond acceptors (Lipinski definition) is 2. The van der Waals surface area contributed by atoms with E-state index in [4.69, 9.17) is 0 Å². The van der Waals surface area contributed by atoms with Gasteiger partial charge < -0.3 is 0 Å². The van der Waals surface area contributed by atoms with Gasteiger partial charge in [-0.2, -0.15) is 5.10 Å². The number of carbonyl (C=O) groups excluding carboxylic acids is 1. The molecule has 0 spiro atoms. The standard InChI is InChI=1S/C11H9N3O/c15-11-7-8-3-1-2-4-9(8)14(11)10-5-6-12-13-10/h1-6H,7H2,(H,12,13). The number of anilines is 2. The minimum atomic E-state index is 0.0838. The fourth-order valence-electron chi connectivity index (χ4n) is 1.89. The predicted molar refractivity (Wildman–Crippen MR) is 55.9 cm³/mol. The molecule has 0 saturated carbocycles. The molecule has 0 aliphatic carbocycles. The van der Waals surface area contributed by atoms with Gasteiger partial charge in [-0.3, -0.25) is 14.8 Å². The molecule has 15 heavy (non-hydrogen) atoms. The number of fused-ring (bicyclic) bond motifs is 1. The van der Waals surface area contributed by atoms with Gasteiger partial charge in [0.15, 0.2) is 0 Å². The topological polar surface area (TPSA) is 49.0 Å². The first-order chi connectivity index (χ1) is 7.36. The Labute approximate surface area is 86.5 Å². The Hall–Kier alpha value is -2.10. The summed E-state index contributed by atoms with van der Waals surface area (Å²) in [7, 11) is 0. The SMILES string of the molecule is O=C1Cc2ccccc2N1c1ccn[nH]1. The first-order valence-electron chi connectivity index (χ1n) is 4.76. The van der Waals surface area contributed by atoms with Crippen LogP contribution in [0.4, 0.5) is 11.5 Å². The minimum Gasteiger partial charge on any atom is -0.274 e. The molecule has 1 N–H and O–H groups in total. The summed E-state index contributed by atoms with van der Waals surface area (Å²) in [6.07, 6.45) is 2.11. The second-order valence-corrected chi connectivity index (χ2v) is 3.48. The molecule has 0 unspecified atom stereocenters. The van der Waals surface area contributed by atoms with Crippen molar-refractivity contribution in [2.24, 2.45) is 0 Å². The normalized spacial score (nSPS) is 14.4. The average Bonchev–Trinajstić information content (AvgIpc) is 2.82. The van der Waals surface area contributed by atoms with Crippen LogP contribution in [0.15, 0.2) is 36.5 Å². The summed E-state index contributed by atoms with van der Waals surface area (Å²) in [5.74, 6) is 0.811.